The SMILES string of the molecule is CO[C@@H]1[C@@H](OC(=O)c2ccc(C)[nH]2)[C@@H](O)[C@H](Oc2ccc3c(OCCN4CCOCC4)c(Cl)c(=O)oc3c2C)OC1(C)C. The molecule has 2 aliphatic heterocycles. The van der Waals surface area contributed by atoms with Gasteiger partial charge in [0.1, 0.15) is 29.7 Å². The van der Waals surface area contributed by atoms with Crippen molar-refractivity contribution in [2.45, 2.75) is 57.9 Å². The van der Waals surface area contributed by atoms with Crippen molar-refractivity contribution < 1.29 is 42.7 Å². The summed E-state index contributed by atoms with van der Waals surface area (Å²) < 4.78 is 40.5. The molecule has 0 spiro atoms. The van der Waals surface area contributed by atoms with Gasteiger partial charge in [-0.25, -0.2) is 9.59 Å². The minimum atomic E-state index is -1.43. The zero-order valence-corrected chi connectivity index (χ0v) is 25.6. The Kier molecular flexibility index (Phi) is 9.35. The van der Waals surface area contributed by atoms with E-state index in [4.69, 9.17) is 44.4 Å². The number of morpholine rings is 1. The van der Waals surface area contributed by atoms with Gasteiger partial charge in [-0.15, -0.1) is 0 Å². The van der Waals surface area contributed by atoms with Crippen LogP contribution >= 0.6 is 11.6 Å². The second-order valence-electron chi connectivity index (χ2n) is 11.2. The maximum Gasteiger partial charge on any atom is 0.359 e. The number of aryl methyl sites for hydroxylation is 2. The predicted molar refractivity (Wildman–Crippen MR) is 156 cm³/mol. The minimum absolute atomic E-state index is 0.150. The molecule has 0 amide bonds. The Morgan fingerprint density at radius 2 is 1.93 bits per heavy atom. The van der Waals surface area contributed by atoms with E-state index in [0.29, 0.717) is 37.3 Å². The number of aromatic amines is 1. The standard InChI is InChI=1S/C30H37ClN2O10/c1-16-6-8-19(32-16)27(35)42-25-22(34)29(43-30(3,4)26(25)37-5)40-20-9-7-18-23(17(20)2)41-28(36)21(31)24(18)39-15-12-33-10-13-38-14-11-33/h6-9,22,25-26,29,32,34H,10-15H2,1-5H3/t22-,25+,26-,29-/m1/s1. The average Bonchev–Trinajstić information content (AvgIpc) is 3.42. The number of benzene rings is 1. The molecular formula is C30H37ClN2O10. The summed E-state index contributed by atoms with van der Waals surface area (Å²) in [4.78, 5) is 30.7. The number of aliphatic hydroxyl groups is 1. The number of fused-ring (bicyclic) bond motifs is 1. The Hall–Kier alpha value is -3.13. The third kappa shape index (κ3) is 6.54. The number of carbonyl (C=O) groups is 1. The number of nitrogens with one attached hydrogen (secondary N) is 1. The molecule has 0 saturated carbocycles. The van der Waals surface area contributed by atoms with Gasteiger partial charge in [0.15, 0.2) is 23.0 Å². The summed E-state index contributed by atoms with van der Waals surface area (Å²) in [6, 6.07) is 6.66. The van der Waals surface area contributed by atoms with Crippen molar-refractivity contribution in [2.75, 3.05) is 46.6 Å². The summed E-state index contributed by atoms with van der Waals surface area (Å²) in [5.41, 5.74) is -0.0695. The number of rotatable bonds is 9. The summed E-state index contributed by atoms with van der Waals surface area (Å²) in [7, 11) is 1.45. The molecule has 12 nitrogen and oxygen atoms in total. The largest absolute Gasteiger partial charge is 0.490 e. The van der Waals surface area contributed by atoms with Gasteiger partial charge in [-0.2, -0.15) is 0 Å². The fraction of sp³-hybridized carbons (Fsp3) is 0.533. The first-order valence-electron chi connectivity index (χ1n) is 14.1. The van der Waals surface area contributed by atoms with Crippen LogP contribution in [0.25, 0.3) is 11.0 Å². The number of aliphatic hydroxyl groups excluding tert-OH is 1. The molecule has 1 aromatic carbocycles. The van der Waals surface area contributed by atoms with Crippen LogP contribution in [0.5, 0.6) is 11.5 Å². The second-order valence-corrected chi connectivity index (χ2v) is 11.6. The highest BCUT2D eigenvalue weighted by Gasteiger charge is 2.53. The van der Waals surface area contributed by atoms with Gasteiger partial charge in [-0.3, -0.25) is 4.90 Å². The maximum absolute atomic E-state index is 12.9. The van der Waals surface area contributed by atoms with Gasteiger partial charge in [-0.1, -0.05) is 11.6 Å². The van der Waals surface area contributed by atoms with E-state index in [9.17, 15) is 14.7 Å². The molecule has 0 radical (unpaired) electrons. The van der Waals surface area contributed by atoms with Gasteiger partial charge >= 0.3 is 11.6 Å². The van der Waals surface area contributed by atoms with Gasteiger partial charge in [0.2, 0.25) is 6.29 Å². The number of ether oxygens (including phenoxy) is 6. The maximum atomic E-state index is 12.9. The Balaban J connectivity index is 1.38. The number of halogens is 1. The van der Waals surface area contributed by atoms with E-state index in [1.165, 1.54) is 7.11 Å². The highest BCUT2D eigenvalue weighted by Crippen LogP contribution is 2.39. The third-order valence-corrected chi connectivity index (χ3v) is 8.07. The molecule has 2 N–H and O–H groups in total. The van der Waals surface area contributed by atoms with Crippen molar-refractivity contribution in [1.82, 2.24) is 9.88 Å². The van der Waals surface area contributed by atoms with Crippen molar-refractivity contribution in [3.05, 3.63) is 56.7 Å². The first kappa shape index (κ1) is 31.3. The first-order valence-corrected chi connectivity index (χ1v) is 14.5. The summed E-state index contributed by atoms with van der Waals surface area (Å²) in [5.74, 6) is -0.157. The topological polar surface area (TPSA) is 142 Å². The molecule has 13 heteroatoms. The smallest absolute Gasteiger partial charge is 0.359 e. The van der Waals surface area contributed by atoms with Crippen molar-refractivity contribution >= 4 is 28.5 Å². The van der Waals surface area contributed by atoms with Crippen LogP contribution in [0.3, 0.4) is 0 Å². The van der Waals surface area contributed by atoms with Crippen LogP contribution in [0.2, 0.25) is 5.02 Å². The summed E-state index contributed by atoms with van der Waals surface area (Å²) in [6.07, 6.45) is -4.62. The summed E-state index contributed by atoms with van der Waals surface area (Å²) >= 11 is 6.32. The molecule has 2 aromatic heterocycles. The summed E-state index contributed by atoms with van der Waals surface area (Å²) in [6.45, 7) is 10.9. The number of hydrogen-bond donors (Lipinski definition) is 2. The van der Waals surface area contributed by atoms with Crippen LogP contribution in [-0.2, 0) is 18.9 Å². The molecule has 234 valence electrons. The second kappa shape index (κ2) is 12.8. The molecule has 0 unspecified atom stereocenters. The molecule has 4 atom stereocenters. The van der Waals surface area contributed by atoms with E-state index in [1.54, 1.807) is 45.0 Å². The number of esters is 1. The Morgan fingerprint density at radius 1 is 1.19 bits per heavy atom. The molecule has 4 heterocycles. The number of hydrogen-bond acceptors (Lipinski definition) is 11. The lowest BCUT2D eigenvalue weighted by Crippen LogP contribution is -2.65. The van der Waals surface area contributed by atoms with Gasteiger partial charge < -0.3 is 42.9 Å². The van der Waals surface area contributed by atoms with E-state index in [0.717, 1.165) is 18.8 Å². The number of methoxy groups -OCH3 is 1. The molecule has 0 aliphatic carbocycles. The van der Waals surface area contributed by atoms with Crippen molar-refractivity contribution in [1.29, 1.82) is 0 Å². The van der Waals surface area contributed by atoms with E-state index in [-0.39, 0.29) is 27.8 Å². The fourth-order valence-electron chi connectivity index (χ4n) is 5.45. The lowest BCUT2D eigenvalue weighted by atomic mass is 9.89. The molecule has 43 heavy (non-hydrogen) atoms. The molecule has 2 aliphatic rings. The quantitative estimate of drug-likeness (QED) is 0.269. The van der Waals surface area contributed by atoms with Crippen LogP contribution in [0.4, 0.5) is 0 Å². The third-order valence-electron chi connectivity index (χ3n) is 7.74. The predicted octanol–water partition coefficient (Wildman–Crippen LogP) is 3.22. The average molecular weight is 621 g/mol. The molecule has 5 rings (SSSR count). The van der Waals surface area contributed by atoms with E-state index in [1.807, 2.05) is 6.92 Å². The zero-order chi connectivity index (χ0) is 30.9. The van der Waals surface area contributed by atoms with Crippen LogP contribution in [-0.4, -0.2) is 97.7 Å². The van der Waals surface area contributed by atoms with Crippen LogP contribution in [0.1, 0.15) is 35.6 Å². The number of nitrogens with zero attached hydrogens (tertiary/aromatic N) is 1. The first-order chi connectivity index (χ1) is 20.5. The number of aromatic nitrogens is 1. The molecule has 3 aromatic rings. The van der Waals surface area contributed by atoms with Crippen molar-refractivity contribution in [2.24, 2.45) is 0 Å². The molecule has 2 fully saturated rings. The number of H-pyrrole nitrogens is 1. The van der Waals surface area contributed by atoms with E-state index < -0.39 is 41.8 Å². The zero-order valence-electron chi connectivity index (χ0n) is 24.8. The lowest BCUT2D eigenvalue weighted by molar-refractivity contribution is -0.305. The Bertz CT molecular complexity index is 1510. The van der Waals surface area contributed by atoms with Crippen LogP contribution in [0, 0.1) is 13.8 Å². The Labute approximate surface area is 253 Å². The van der Waals surface area contributed by atoms with Gasteiger partial charge in [-0.05, 0) is 52.0 Å². The minimum Gasteiger partial charge on any atom is -0.490 e. The molecule has 2 saturated heterocycles. The van der Waals surface area contributed by atoms with Crippen molar-refractivity contribution in [3.63, 3.8) is 0 Å². The fourth-order valence-corrected chi connectivity index (χ4v) is 5.64. The van der Waals surface area contributed by atoms with Crippen molar-refractivity contribution in [3.8, 4) is 11.5 Å². The normalized spacial score (nSPS) is 24.2. The number of carbonyl (C=O) groups excluding carboxylic acids is 1. The van der Waals surface area contributed by atoms with Gasteiger partial charge in [0.05, 0.1) is 24.2 Å². The van der Waals surface area contributed by atoms with Gasteiger partial charge in [0.25, 0.3) is 0 Å². The molecule has 0 bridgehead atoms. The van der Waals surface area contributed by atoms with E-state index >= 15 is 0 Å². The summed E-state index contributed by atoms with van der Waals surface area (Å²) in [5, 5.41) is 11.7. The highest BCUT2D eigenvalue weighted by atomic mass is 35.5. The molecular weight excluding hydrogens is 584 g/mol. The van der Waals surface area contributed by atoms with Crippen LogP contribution < -0.4 is 15.1 Å². The highest BCUT2D eigenvalue weighted by molar-refractivity contribution is 6.32. The van der Waals surface area contributed by atoms with Crippen LogP contribution in [0.15, 0.2) is 33.5 Å². The van der Waals surface area contributed by atoms with E-state index in [2.05, 4.69) is 9.88 Å². The lowest BCUT2D eigenvalue weighted by Gasteiger charge is -2.47. The monoisotopic (exact) mass is 620 g/mol. The Morgan fingerprint density at radius 3 is 2.60 bits per heavy atom. The van der Waals surface area contributed by atoms with Gasteiger partial charge in [0, 0.05) is 38.0 Å².